The number of thiazole rings is 1. The summed E-state index contributed by atoms with van der Waals surface area (Å²) in [6.07, 6.45) is 3.41. The molecule has 0 bridgehead atoms. The van der Waals surface area contributed by atoms with E-state index in [4.69, 9.17) is 11.1 Å². The highest BCUT2D eigenvalue weighted by atomic mass is 32.1. The second-order valence-electron chi connectivity index (χ2n) is 4.28. The van der Waals surface area contributed by atoms with Gasteiger partial charge >= 0.3 is 0 Å². The van der Waals surface area contributed by atoms with Gasteiger partial charge in [0.1, 0.15) is 6.07 Å². The van der Waals surface area contributed by atoms with Gasteiger partial charge in [-0.1, -0.05) is 24.3 Å². The molecule has 6 nitrogen and oxygen atoms in total. The first-order valence-electron chi connectivity index (χ1n) is 6.33. The fraction of sp³-hybridized carbons (Fsp3) is 0. The Morgan fingerprint density at radius 2 is 1.82 bits per heavy atom. The normalized spacial score (nSPS) is 11.1. The van der Waals surface area contributed by atoms with Gasteiger partial charge in [-0.2, -0.15) is 10.4 Å². The molecule has 106 valence electrons. The Bertz CT molecular complexity index is 846. The molecule has 0 aliphatic rings. The summed E-state index contributed by atoms with van der Waals surface area (Å²) in [6.45, 7) is 0. The van der Waals surface area contributed by atoms with Crippen LogP contribution in [0.25, 0.3) is 22.6 Å². The van der Waals surface area contributed by atoms with Gasteiger partial charge in [0.2, 0.25) is 0 Å². The van der Waals surface area contributed by atoms with Crippen molar-refractivity contribution in [2.45, 2.75) is 0 Å². The monoisotopic (exact) mass is 306 g/mol. The lowest BCUT2D eigenvalue weighted by Crippen LogP contribution is -2.00. The van der Waals surface area contributed by atoms with Gasteiger partial charge in [0, 0.05) is 28.9 Å². The molecule has 0 saturated carbocycles. The van der Waals surface area contributed by atoms with E-state index in [2.05, 4.69) is 20.1 Å². The highest BCUT2D eigenvalue weighted by Gasteiger charge is 2.10. The lowest BCUT2D eigenvalue weighted by atomic mass is 10.1. The van der Waals surface area contributed by atoms with Crippen LogP contribution >= 0.6 is 11.3 Å². The van der Waals surface area contributed by atoms with Crippen molar-refractivity contribution in [3.05, 3.63) is 53.1 Å². The van der Waals surface area contributed by atoms with Gasteiger partial charge < -0.3 is 5.84 Å². The van der Waals surface area contributed by atoms with E-state index >= 15 is 0 Å². The molecule has 1 aromatic carbocycles. The van der Waals surface area contributed by atoms with E-state index in [1.54, 1.807) is 18.5 Å². The number of hydrogen-bond donors (Lipinski definition) is 1. The van der Waals surface area contributed by atoms with Crippen LogP contribution in [0.5, 0.6) is 0 Å². The zero-order valence-corrected chi connectivity index (χ0v) is 12.2. The molecule has 22 heavy (non-hydrogen) atoms. The van der Waals surface area contributed by atoms with Gasteiger partial charge in [0.25, 0.3) is 0 Å². The molecule has 0 saturated heterocycles. The fourth-order valence-electron chi connectivity index (χ4n) is 1.89. The summed E-state index contributed by atoms with van der Waals surface area (Å²) >= 11 is 1.33. The van der Waals surface area contributed by atoms with E-state index < -0.39 is 0 Å². The molecule has 0 spiro atoms. The summed E-state index contributed by atoms with van der Waals surface area (Å²) in [7, 11) is 0. The number of nitriles is 1. The number of hydrogen-bond acceptors (Lipinski definition) is 7. The number of aromatic nitrogens is 3. The molecule has 2 heterocycles. The second kappa shape index (κ2) is 6.11. The van der Waals surface area contributed by atoms with Crippen LogP contribution in [0.3, 0.4) is 0 Å². The summed E-state index contributed by atoms with van der Waals surface area (Å²) in [5, 5.41) is 14.7. The Morgan fingerprint density at radius 1 is 1.14 bits per heavy atom. The Labute approximate surface area is 130 Å². The maximum absolute atomic E-state index is 8.91. The SMILES string of the molecule is N#CC(=NN)c1nc(-c2ccc(-c3ncccn3)cc2)cs1. The first-order chi connectivity index (χ1) is 10.8. The average molecular weight is 306 g/mol. The van der Waals surface area contributed by atoms with E-state index in [9.17, 15) is 0 Å². The zero-order chi connectivity index (χ0) is 15.4. The van der Waals surface area contributed by atoms with Crippen molar-refractivity contribution in [1.82, 2.24) is 15.0 Å². The molecule has 0 atom stereocenters. The average Bonchev–Trinajstić information content (AvgIpc) is 3.07. The molecule has 2 N–H and O–H groups in total. The number of hydrazone groups is 1. The molecule has 0 aliphatic carbocycles. The van der Waals surface area contributed by atoms with Crippen LogP contribution in [0.4, 0.5) is 0 Å². The molecule has 2 aromatic heterocycles. The van der Waals surface area contributed by atoms with E-state index in [1.165, 1.54) is 11.3 Å². The molecule has 0 amide bonds. The summed E-state index contributed by atoms with van der Waals surface area (Å²) in [5.74, 6) is 5.84. The lowest BCUT2D eigenvalue weighted by molar-refractivity contribution is 1.18. The summed E-state index contributed by atoms with van der Waals surface area (Å²) < 4.78 is 0. The van der Waals surface area contributed by atoms with E-state index in [1.807, 2.05) is 35.7 Å². The van der Waals surface area contributed by atoms with Crippen LogP contribution in [-0.2, 0) is 0 Å². The number of nitrogens with zero attached hydrogens (tertiary/aromatic N) is 5. The van der Waals surface area contributed by atoms with Crippen LogP contribution < -0.4 is 5.84 Å². The van der Waals surface area contributed by atoms with Crippen LogP contribution in [0.2, 0.25) is 0 Å². The van der Waals surface area contributed by atoms with Crippen molar-refractivity contribution in [3.8, 4) is 28.7 Å². The highest BCUT2D eigenvalue weighted by Crippen LogP contribution is 2.24. The Balaban J connectivity index is 1.90. The van der Waals surface area contributed by atoms with Gasteiger partial charge in [-0.3, -0.25) is 0 Å². The number of nitrogens with two attached hydrogens (primary N) is 1. The number of rotatable bonds is 3. The minimum Gasteiger partial charge on any atom is -0.322 e. The fourth-order valence-corrected chi connectivity index (χ4v) is 2.66. The second-order valence-corrected chi connectivity index (χ2v) is 5.14. The molecule has 3 rings (SSSR count). The van der Waals surface area contributed by atoms with Crippen molar-refractivity contribution in [2.75, 3.05) is 0 Å². The third-order valence-electron chi connectivity index (χ3n) is 2.95. The van der Waals surface area contributed by atoms with Gasteiger partial charge in [-0.15, -0.1) is 11.3 Å². The van der Waals surface area contributed by atoms with Crippen molar-refractivity contribution in [2.24, 2.45) is 10.9 Å². The maximum Gasteiger partial charge on any atom is 0.195 e. The van der Waals surface area contributed by atoms with Crippen molar-refractivity contribution in [3.63, 3.8) is 0 Å². The highest BCUT2D eigenvalue weighted by molar-refractivity contribution is 7.12. The zero-order valence-electron chi connectivity index (χ0n) is 11.3. The molecule has 0 aliphatic heterocycles. The van der Waals surface area contributed by atoms with E-state index in [-0.39, 0.29) is 5.71 Å². The van der Waals surface area contributed by atoms with Crippen molar-refractivity contribution >= 4 is 17.0 Å². The largest absolute Gasteiger partial charge is 0.322 e. The van der Waals surface area contributed by atoms with Crippen LogP contribution in [-0.4, -0.2) is 20.7 Å². The Morgan fingerprint density at radius 3 is 2.45 bits per heavy atom. The molecular weight excluding hydrogens is 296 g/mol. The topological polar surface area (TPSA) is 101 Å². The predicted molar refractivity (Wildman–Crippen MR) is 84.9 cm³/mol. The Kier molecular flexibility index (Phi) is 3.85. The quantitative estimate of drug-likeness (QED) is 0.455. The minimum absolute atomic E-state index is 0.130. The van der Waals surface area contributed by atoms with E-state index in [0.29, 0.717) is 10.8 Å². The first kappa shape index (κ1) is 13.9. The lowest BCUT2D eigenvalue weighted by Gasteiger charge is -2.01. The molecule has 0 unspecified atom stereocenters. The molecular formula is C15H10N6S. The van der Waals surface area contributed by atoms with Gasteiger partial charge in [-0.25, -0.2) is 15.0 Å². The standard InChI is InChI=1S/C15H10N6S/c16-8-12(21-17)15-20-13(9-22-15)10-2-4-11(5-3-10)14-18-6-1-7-19-14/h1-7,9H,17H2. The third-order valence-corrected chi connectivity index (χ3v) is 3.80. The smallest absolute Gasteiger partial charge is 0.195 e. The van der Waals surface area contributed by atoms with Crippen molar-refractivity contribution < 1.29 is 0 Å². The van der Waals surface area contributed by atoms with Crippen molar-refractivity contribution in [1.29, 1.82) is 5.26 Å². The predicted octanol–water partition coefficient (Wildman–Crippen LogP) is 2.45. The molecule has 7 heteroatoms. The van der Waals surface area contributed by atoms with Crippen LogP contribution in [0, 0.1) is 11.3 Å². The van der Waals surface area contributed by atoms with Gasteiger partial charge in [0.05, 0.1) is 5.69 Å². The van der Waals surface area contributed by atoms with Crippen LogP contribution in [0.15, 0.2) is 53.2 Å². The van der Waals surface area contributed by atoms with Gasteiger partial charge in [-0.05, 0) is 6.07 Å². The number of benzene rings is 1. The van der Waals surface area contributed by atoms with Gasteiger partial charge in [0.15, 0.2) is 16.5 Å². The summed E-state index contributed by atoms with van der Waals surface area (Å²) in [6, 6.07) is 11.5. The summed E-state index contributed by atoms with van der Waals surface area (Å²) in [4.78, 5) is 12.8. The molecule has 3 aromatic rings. The first-order valence-corrected chi connectivity index (χ1v) is 7.21. The third kappa shape index (κ3) is 2.68. The summed E-state index contributed by atoms with van der Waals surface area (Å²) in [5.41, 5.74) is 2.78. The molecule has 0 radical (unpaired) electrons. The van der Waals surface area contributed by atoms with E-state index in [0.717, 1.165) is 16.8 Å². The van der Waals surface area contributed by atoms with Crippen LogP contribution in [0.1, 0.15) is 5.01 Å². The molecule has 0 fully saturated rings. The minimum atomic E-state index is 0.130. The maximum atomic E-state index is 8.91. The Hall–Kier alpha value is -3.11.